The third-order valence-corrected chi connectivity index (χ3v) is 4.70. The maximum absolute atomic E-state index is 12.0. The second-order valence-electron chi connectivity index (χ2n) is 6.85. The van der Waals surface area contributed by atoms with Crippen LogP contribution in [0.15, 0.2) is 59.7 Å². The molecule has 0 atom stereocenters. The number of methoxy groups -OCH3 is 1. The van der Waals surface area contributed by atoms with E-state index in [0.717, 1.165) is 34.1 Å². The molecule has 3 rings (SSSR count). The molecule has 7 heteroatoms. The molecule has 2 aromatic carbocycles. The average Bonchev–Trinajstić information content (AvgIpc) is 3.06. The van der Waals surface area contributed by atoms with Gasteiger partial charge in [-0.2, -0.15) is 5.10 Å². The van der Waals surface area contributed by atoms with Gasteiger partial charge in [-0.05, 0) is 75.4 Å². The Bertz CT molecular complexity index is 1040. The molecule has 1 aromatic heterocycles. The molecular weight excluding hydrogens is 394 g/mol. The fourth-order valence-corrected chi connectivity index (χ4v) is 3.20. The Morgan fingerprint density at radius 3 is 2.26 bits per heavy atom. The van der Waals surface area contributed by atoms with Crippen molar-refractivity contribution in [1.29, 1.82) is 0 Å². The maximum Gasteiger partial charge on any atom is 0.277 e. The molecule has 0 aliphatic carbocycles. The van der Waals surface area contributed by atoms with Gasteiger partial charge in [-0.1, -0.05) is 0 Å². The molecule has 0 aliphatic rings. The van der Waals surface area contributed by atoms with Gasteiger partial charge in [-0.25, -0.2) is 5.43 Å². The van der Waals surface area contributed by atoms with Crippen LogP contribution in [0, 0.1) is 13.8 Å². The molecule has 1 amide bonds. The predicted octanol–water partition coefficient (Wildman–Crippen LogP) is 4.03. The SMILES string of the molecule is CCOc1ccc(-n2c(C)cc(/C=N/NC(=O)COc3ccc(OC)cc3)c2C)cc1. The maximum atomic E-state index is 12.0. The summed E-state index contributed by atoms with van der Waals surface area (Å²) in [4.78, 5) is 12.0. The summed E-state index contributed by atoms with van der Waals surface area (Å²) in [7, 11) is 1.59. The highest BCUT2D eigenvalue weighted by Crippen LogP contribution is 2.22. The first kappa shape index (κ1) is 22.0. The molecule has 31 heavy (non-hydrogen) atoms. The summed E-state index contributed by atoms with van der Waals surface area (Å²) in [5.41, 5.74) is 6.54. The van der Waals surface area contributed by atoms with Crippen LogP contribution in [0.1, 0.15) is 23.9 Å². The second-order valence-corrected chi connectivity index (χ2v) is 6.85. The molecule has 0 fully saturated rings. The molecule has 1 heterocycles. The van der Waals surface area contributed by atoms with Crippen LogP contribution in [0.5, 0.6) is 17.2 Å². The summed E-state index contributed by atoms with van der Waals surface area (Å²) < 4.78 is 18.2. The van der Waals surface area contributed by atoms with Gasteiger partial charge < -0.3 is 18.8 Å². The number of hydrazone groups is 1. The first-order chi connectivity index (χ1) is 15.0. The van der Waals surface area contributed by atoms with E-state index >= 15 is 0 Å². The summed E-state index contributed by atoms with van der Waals surface area (Å²) >= 11 is 0. The predicted molar refractivity (Wildman–Crippen MR) is 121 cm³/mol. The van der Waals surface area contributed by atoms with Crippen LogP contribution in [0.4, 0.5) is 0 Å². The Kier molecular flexibility index (Phi) is 7.32. The van der Waals surface area contributed by atoms with Crippen molar-refractivity contribution in [3.63, 3.8) is 0 Å². The van der Waals surface area contributed by atoms with Gasteiger partial charge in [0.15, 0.2) is 6.61 Å². The van der Waals surface area contributed by atoms with Crippen LogP contribution < -0.4 is 19.6 Å². The number of benzene rings is 2. The van der Waals surface area contributed by atoms with Gasteiger partial charge in [-0.3, -0.25) is 4.79 Å². The summed E-state index contributed by atoms with van der Waals surface area (Å²) in [6.07, 6.45) is 1.64. The Morgan fingerprint density at radius 1 is 1.00 bits per heavy atom. The van der Waals surface area contributed by atoms with E-state index in [9.17, 15) is 4.79 Å². The minimum atomic E-state index is -0.340. The molecule has 0 spiro atoms. The molecular formula is C24H27N3O4. The number of nitrogens with one attached hydrogen (secondary N) is 1. The van der Waals surface area contributed by atoms with E-state index in [1.807, 2.05) is 51.1 Å². The summed E-state index contributed by atoms with van der Waals surface area (Å²) in [6, 6.07) is 17.0. The summed E-state index contributed by atoms with van der Waals surface area (Å²) in [6.45, 7) is 6.51. The van der Waals surface area contributed by atoms with E-state index in [1.165, 1.54) is 0 Å². The van der Waals surface area contributed by atoms with Crippen LogP contribution >= 0.6 is 0 Å². The van der Waals surface area contributed by atoms with Crippen LogP contribution in [0.2, 0.25) is 0 Å². The van der Waals surface area contributed by atoms with Crippen LogP contribution in [0.25, 0.3) is 5.69 Å². The van der Waals surface area contributed by atoms with Gasteiger partial charge in [-0.15, -0.1) is 0 Å². The molecule has 0 radical (unpaired) electrons. The highest BCUT2D eigenvalue weighted by molar-refractivity contribution is 5.84. The first-order valence-corrected chi connectivity index (χ1v) is 10.0. The quantitative estimate of drug-likeness (QED) is 0.418. The number of nitrogens with zero attached hydrogens (tertiary/aromatic N) is 2. The summed E-state index contributed by atoms with van der Waals surface area (Å²) in [5, 5.41) is 4.07. The number of carbonyl (C=O) groups excluding carboxylic acids is 1. The van der Waals surface area contributed by atoms with Crippen LogP contribution in [0.3, 0.4) is 0 Å². The van der Waals surface area contributed by atoms with E-state index in [1.54, 1.807) is 37.6 Å². The Balaban J connectivity index is 1.59. The number of hydrogen-bond donors (Lipinski definition) is 1. The third-order valence-electron chi connectivity index (χ3n) is 4.70. The topological polar surface area (TPSA) is 74.1 Å². The van der Waals surface area contributed by atoms with Crippen molar-refractivity contribution in [1.82, 2.24) is 9.99 Å². The molecule has 0 aliphatic heterocycles. The molecule has 162 valence electrons. The lowest BCUT2D eigenvalue weighted by Crippen LogP contribution is -2.24. The second kappa shape index (κ2) is 10.3. The number of aryl methyl sites for hydroxylation is 1. The largest absolute Gasteiger partial charge is 0.497 e. The number of carbonyl (C=O) groups is 1. The molecule has 3 aromatic rings. The Hall–Kier alpha value is -3.74. The first-order valence-electron chi connectivity index (χ1n) is 10.0. The van der Waals surface area contributed by atoms with Crippen molar-refractivity contribution in [2.24, 2.45) is 5.10 Å². The minimum absolute atomic E-state index is 0.130. The smallest absolute Gasteiger partial charge is 0.277 e. The molecule has 0 saturated heterocycles. The van der Waals surface area contributed by atoms with Gasteiger partial charge in [0.1, 0.15) is 17.2 Å². The number of ether oxygens (including phenoxy) is 3. The third kappa shape index (κ3) is 5.66. The monoisotopic (exact) mass is 421 g/mol. The van der Waals surface area contributed by atoms with Crippen molar-refractivity contribution < 1.29 is 19.0 Å². The molecule has 7 nitrogen and oxygen atoms in total. The van der Waals surface area contributed by atoms with E-state index < -0.39 is 0 Å². The lowest BCUT2D eigenvalue weighted by Gasteiger charge is -2.11. The highest BCUT2D eigenvalue weighted by atomic mass is 16.5. The van der Waals surface area contributed by atoms with Crippen LogP contribution in [-0.4, -0.2) is 37.0 Å². The van der Waals surface area contributed by atoms with Gasteiger partial charge in [0.05, 0.1) is 19.9 Å². The van der Waals surface area contributed by atoms with Crippen molar-refractivity contribution >= 4 is 12.1 Å². The summed E-state index contributed by atoms with van der Waals surface area (Å²) in [5.74, 6) is 1.81. The molecule has 1 N–H and O–H groups in total. The fraction of sp³-hybridized carbons (Fsp3) is 0.250. The standard InChI is InChI=1S/C24H27N3O4/c1-5-30-22-8-6-20(7-9-22)27-17(2)14-19(18(27)3)15-25-26-24(28)16-31-23-12-10-21(29-4)11-13-23/h6-15H,5,16H2,1-4H3,(H,26,28)/b25-15+. The van der Waals surface area contributed by atoms with E-state index in [0.29, 0.717) is 12.4 Å². The average molecular weight is 421 g/mol. The molecule has 0 unspecified atom stereocenters. The fourth-order valence-electron chi connectivity index (χ4n) is 3.20. The Morgan fingerprint density at radius 2 is 1.61 bits per heavy atom. The number of rotatable bonds is 9. The zero-order chi connectivity index (χ0) is 22.2. The van der Waals surface area contributed by atoms with Gasteiger partial charge >= 0.3 is 0 Å². The van der Waals surface area contributed by atoms with Gasteiger partial charge in [0.25, 0.3) is 5.91 Å². The van der Waals surface area contributed by atoms with E-state index in [-0.39, 0.29) is 12.5 Å². The zero-order valence-electron chi connectivity index (χ0n) is 18.2. The van der Waals surface area contributed by atoms with E-state index in [2.05, 4.69) is 15.1 Å². The highest BCUT2D eigenvalue weighted by Gasteiger charge is 2.10. The number of amides is 1. The van der Waals surface area contributed by atoms with Crippen molar-refractivity contribution in [2.75, 3.05) is 20.3 Å². The van der Waals surface area contributed by atoms with Crippen LogP contribution in [-0.2, 0) is 4.79 Å². The van der Waals surface area contributed by atoms with Crippen molar-refractivity contribution in [3.05, 3.63) is 71.5 Å². The molecule has 0 saturated carbocycles. The zero-order valence-corrected chi connectivity index (χ0v) is 18.2. The minimum Gasteiger partial charge on any atom is -0.497 e. The lowest BCUT2D eigenvalue weighted by atomic mass is 10.2. The normalized spacial score (nSPS) is 10.8. The molecule has 0 bridgehead atoms. The van der Waals surface area contributed by atoms with Crippen molar-refractivity contribution in [2.45, 2.75) is 20.8 Å². The van der Waals surface area contributed by atoms with Gasteiger partial charge in [0.2, 0.25) is 0 Å². The van der Waals surface area contributed by atoms with Crippen molar-refractivity contribution in [3.8, 4) is 22.9 Å². The lowest BCUT2D eigenvalue weighted by molar-refractivity contribution is -0.123. The van der Waals surface area contributed by atoms with Gasteiger partial charge in [0, 0.05) is 22.6 Å². The number of hydrogen-bond acceptors (Lipinski definition) is 5. The number of aromatic nitrogens is 1. The van der Waals surface area contributed by atoms with E-state index in [4.69, 9.17) is 14.2 Å². The Labute approximate surface area is 182 Å².